The van der Waals surface area contributed by atoms with Gasteiger partial charge in [-0.15, -0.1) is 10.2 Å². The van der Waals surface area contributed by atoms with Crippen LogP contribution in [-0.4, -0.2) is 42.9 Å². The molecule has 3 aromatic rings. The molecule has 0 saturated heterocycles. The number of halogens is 2. The van der Waals surface area contributed by atoms with Crippen LogP contribution in [0.25, 0.3) is 22.5 Å². The molecular weight excluding hydrogens is 464 g/mol. The number of aryl methyl sites for hydroxylation is 1. The van der Waals surface area contributed by atoms with E-state index in [2.05, 4.69) is 20.1 Å². The summed E-state index contributed by atoms with van der Waals surface area (Å²) in [6.07, 6.45) is 7.92. The lowest BCUT2D eigenvalue weighted by Crippen LogP contribution is -2.47. The number of nitrogens with zero attached hydrogens (tertiary/aromatic N) is 5. The van der Waals surface area contributed by atoms with E-state index in [4.69, 9.17) is 0 Å². The molecule has 3 saturated carbocycles. The van der Waals surface area contributed by atoms with E-state index in [1.54, 1.807) is 31.6 Å². The van der Waals surface area contributed by atoms with Crippen molar-refractivity contribution >= 4 is 5.82 Å². The van der Waals surface area contributed by atoms with Crippen LogP contribution in [-0.2, 0) is 7.05 Å². The highest BCUT2D eigenvalue weighted by molar-refractivity contribution is 5.72. The van der Waals surface area contributed by atoms with Gasteiger partial charge < -0.3 is 14.6 Å². The van der Waals surface area contributed by atoms with Crippen molar-refractivity contribution < 1.29 is 13.9 Å². The Kier molecular flexibility index (Phi) is 5.53. The molecule has 3 atom stereocenters. The van der Waals surface area contributed by atoms with Gasteiger partial charge in [0.2, 0.25) is 5.92 Å². The standard InChI is InChI=1S/C27H29F2N5O2/c1-33-7-6-19(12-25(33)36)18-2-5-22(23(35)11-18)26-30-15-24(31-32-26)34(20-3-4-20)21-9-16-8-17(10-21)14-27(28,29)13-16/h2,5-7,11-12,15-17,20-21,35H,3-4,8-10,13-14H2,1H3/t16-,17+,21+. The maximum Gasteiger partial charge on any atom is 0.250 e. The molecule has 0 amide bonds. The minimum absolute atomic E-state index is 0.00260. The third-order valence-electron chi connectivity index (χ3n) is 7.88. The molecule has 0 aliphatic heterocycles. The first-order valence-corrected chi connectivity index (χ1v) is 12.6. The first kappa shape index (κ1) is 23.1. The van der Waals surface area contributed by atoms with Gasteiger partial charge in [-0.1, -0.05) is 6.07 Å². The summed E-state index contributed by atoms with van der Waals surface area (Å²) >= 11 is 0. The molecule has 2 heterocycles. The molecular formula is C27H29F2N5O2. The third kappa shape index (κ3) is 4.47. The highest BCUT2D eigenvalue weighted by Gasteiger charge is 2.48. The van der Waals surface area contributed by atoms with Gasteiger partial charge in [0.05, 0.1) is 11.8 Å². The highest BCUT2D eigenvalue weighted by atomic mass is 19.3. The Hall–Kier alpha value is -3.36. The van der Waals surface area contributed by atoms with Gasteiger partial charge in [-0.25, -0.2) is 13.8 Å². The summed E-state index contributed by atoms with van der Waals surface area (Å²) in [5, 5.41) is 19.5. The average molecular weight is 494 g/mol. The summed E-state index contributed by atoms with van der Waals surface area (Å²) in [7, 11) is 1.68. The number of anilines is 1. The molecule has 6 rings (SSSR count). The zero-order valence-corrected chi connectivity index (χ0v) is 20.1. The molecule has 1 aromatic carbocycles. The molecule has 0 unspecified atom stereocenters. The second-order valence-corrected chi connectivity index (χ2v) is 10.7. The van der Waals surface area contributed by atoms with E-state index < -0.39 is 5.92 Å². The van der Waals surface area contributed by atoms with Crippen LogP contribution in [0, 0.1) is 11.8 Å². The van der Waals surface area contributed by atoms with E-state index in [1.165, 1.54) is 10.6 Å². The van der Waals surface area contributed by atoms with E-state index in [-0.39, 0.29) is 42.0 Å². The Morgan fingerprint density at radius 2 is 1.72 bits per heavy atom. The molecule has 0 spiro atoms. The fourth-order valence-corrected chi connectivity index (χ4v) is 6.18. The topological polar surface area (TPSA) is 84.1 Å². The SMILES string of the molecule is Cn1ccc(-c2ccc(-c3ncc(N(C4CC4)[C@H]4C[C@H]5C[C@@H](C4)CC(F)(F)C5)nn3)c(O)c2)cc1=O. The minimum Gasteiger partial charge on any atom is -0.507 e. The van der Waals surface area contributed by atoms with Crippen molar-refractivity contribution in [2.75, 3.05) is 4.90 Å². The summed E-state index contributed by atoms with van der Waals surface area (Å²) in [6, 6.07) is 9.01. The molecule has 2 bridgehead atoms. The van der Waals surface area contributed by atoms with Crippen molar-refractivity contribution in [1.82, 2.24) is 19.7 Å². The van der Waals surface area contributed by atoms with E-state index in [0.29, 0.717) is 34.4 Å². The molecule has 0 radical (unpaired) electrons. The second kappa shape index (κ2) is 8.64. The van der Waals surface area contributed by atoms with Gasteiger partial charge in [0.15, 0.2) is 11.6 Å². The summed E-state index contributed by atoms with van der Waals surface area (Å²) in [5.74, 6) is -1.43. The zero-order valence-electron chi connectivity index (χ0n) is 20.1. The Labute approximate surface area is 207 Å². The Balaban J connectivity index is 1.23. The van der Waals surface area contributed by atoms with Gasteiger partial charge in [-0.2, -0.15) is 0 Å². The predicted molar refractivity (Wildman–Crippen MR) is 132 cm³/mol. The van der Waals surface area contributed by atoms with Gasteiger partial charge >= 0.3 is 0 Å². The summed E-state index contributed by atoms with van der Waals surface area (Å²) in [5.41, 5.74) is 1.75. The fourth-order valence-electron chi connectivity index (χ4n) is 6.18. The normalized spacial score (nSPS) is 24.9. The molecule has 3 aliphatic rings. The van der Waals surface area contributed by atoms with Crippen molar-refractivity contribution in [3.05, 3.63) is 53.1 Å². The number of hydrogen-bond donors (Lipinski definition) is 1. The van der Waals surface area contributed by atoms with Crippen molar-refractivity contribution in [2.45, 2.75) is 63.0 Å². The van der Waals surface area contributed by atoms with Gasteiger partial charge in [0.25, 0.3) is 5.56 Å². The van der Waals surface area contributed by atoms with Crippen molar-refractivity contribution in [3.63, 3.8) is 0 Å². The van der Waals surface area contributed by atoms with Crippen LogP contribution in [0.3, 0.4) is 0 Å². The third-order valence-corrected chi connectivity index (χ3v) is 7.88. The molecule has 9 heteroatoms. The number of aromatic hydroxyl groups is 1. The van der Waals surface area contributed by atoms with Crippen LogP contribution in [0.1, 0.15) is 44.9 Å². The lowest BCUT2D eigenvalue weighted by Gasteiger charge is -2.46. The monoisotopic (exact) mass is 493 g/mol. The lowest BCUT2D eigenvalue weighted by atomic mass is 9.68. The number of fused-ring (bicyclic) bond motifs is 2. The maximum absolute atomic E-state index is 14.1. The average Bonchev–Trinajstić information content (AvgIpc) is 3.65. The summed E-state index contributed by atoms with van der Waals surface area (Å²) in [4.78, 5) is 18.7. The largest absolute Gasteiger partial charge is 0.507 e. The van der Waals surface area contributed by atoms with Gasteiger partial charge in [-0.05, 0) is 73.3 Å². The number of rotatable bonds is 5. The van der Waals surface area contributed by atoms with Crippen LogP contribution >= 0.6 is 0 Å². The van der Waals surface area contributed by atoms with Crippen molar-refractivity contribution in [2.24, 2.45) is 18.9 Å². The maximum atomic E-state index is 14.1. The number of phenolic OH excluding ortho intramolecular Hbond substituents is 1. The van der Waals surface area contributed by atoms with Crippen LogP contribution in [0.4, 0.5) is 14.6 Å². The summed E-state index contributed by atoms with van der Waals surface area (Å²) < 4.78 is 29.6. The van der Waals surface area contributed by atoms with E-state index in [1.807, 2.05) is 12.1 Å². The van der Waals surface area contributed by atoms with E-state index in [9.17, 15) is 18.7 Å². The lowest BCUT2D eigenvalue weighted by molar-refractivity contribution is -0.0868. The Morgan fingerprint density at radius 1 is 1.00 bits per heavy atom. The van der Waals surface area contributed by atoms with Gasteiger partial charge in [0, 0.05) is 44.2 Å². The fraction of sp³-hybridized carbons (Fsp3) is 0.481. The Morgan fingerprint density at radius 3 is 2.33 bits per heavy atom. The number of alkyl halides is 2. The van der Waals surface area contributed by atoms with Gasteiger partial charge in [0.1, 0.15) is 5.75 Å². The number of aromatic nitrogens is 4. The van der Waals surface area contributed by atoms with Crippen LogP contribution < -0.4 is 10.5 Å². The van der Waals surface area contributed by atoms with Crippen LogP contribution in [0.15, 0.2) is 47.5 Å². The first-order valence-electron chi connectivity index (χ1n) is 12.6. The molecule has 1 N–H and O–H groups in total. The van der Waals surface area contributed by atoms with Crippen LogP contribution in [0.2, 0.25) is 0 Å². The molecule has 3 fully saturated rings. The molecule has 188 valence electrons. The molecule has 36 heavy (non-hydrogen) atoms. The molecule has 3 aliphatic carbocycles. The number of hydrogen-bond acceptors (Lipinski definition) is 6. The van der Waals surface area contributed by atoms with Crippen molar-refractivity contribution in [3.8, 4) is 28.3 Å². The van der Waals surface area contributed by atoms with Crippen LogP contribution in [0.5, 0.6) is 5.75 Å². The minimum atomic E-state index is -2.53. The van der Waals surface area contributed by atoms with Gasteiger partial charge in [-0.3, -0.25) is 4.79 Å². The molecule has 7 nitrogen and oxygen atoms in total. The summed E-state index contributed by atoms with van der Waals surface area (Å²) in [6.45, 7) is 0. The smallest absolute Gasteiger partial charge is 0.250 e. The number of phenols is 1. The first-order chi connectivity index (χ1) is 17.3. The van der Waals surface area contributed by atoms with E-state index >= 15 is 0 Å². The van der Waals surface area contributed by atoms with Crippen molar-refractivity contribution in [1.29, 1.82) is 0 Å². The predicted octanol–water partition coefficient (Wildman–Crippen LogP) is 4.79. The second-order valence-electron chi connectivity index (χ2n) is 10.7. The zero-order chi connectivity index (χ0) is 25.0. The quantitative estimate of drug-likeness (QED) is 0.550. The number of benzene rings is 1. The number of pyridine rings is 1. The van der Waals surface area contributed by atoms with E-state index in [0.717, 1.165) is 32.1 Å². The highest BCUT2D eigenvalue weighted by Crippen LogP contribution is 2.49. The molecule has 2 aromatic heterocycles. The Bertz CT molecular complexity index is 1320.